The summed E-state index contributed by atoms with van der Waals surface area (Å²) < 4.78 is 0. The molecule has 2 saturated carbocycles. The van der Waals surface area contributed by atoms with Crippen LogP contribution in [0.5, 0.6) is 0 Å². The molecule has 1 heteroatoms. The van der Waals surface area contributed by atoms with E-state index in [2.05, 4.69) is 60.7 Å². The van der Waals surface area contributed by atoms with E-state index in [0.717, 1.165) is 17.5 Å². The fraction of sp³-hybridized carbons (Fsp3) is 0.500. The van der Waals surface area contributed by atoms with Crippen molar-refractivity contribution >= 4 is 18.5 Å². The van der Waals surface area contributed by atoms with Crippen molar-refractivity contribution in [2.75, 3.05) is 0 Å². The van der Waals surface area contributed by atoms with Gasteiger partial charge in [0.2, 0.25) is 0 Å². The fourth-order valence-corrected chi connectivity index (χ4v) is 8.55. The van der Waals surface area contributed by atoms with Gasteiger partial charge in [-0.05, 0) is 48.9 Å². The first-order valence-electron chi connectivity index (χ1n) is 10.3. The molecule has 2 fully saturated rings. The van der Waals surface area contributed by atoms with E-state index in [9.17, 15) is 0 Å². The smallest absolute Gasteiger partial charge is 0.00978 e. The summed E-state index contributed by atoms with van der Waals surface area (Å²) in [4.78, 5) is 0. The highest BCUT2D eigenvalue weighted by Crippen LogP contribution is 2.52. The van der Waals surface area contributed by atoms with Gasteiger partial charge in [0.25, 0.3) is 0 Å². The van der Waals surface area contributed by atoms with Crippen LogP contribution in [0, 0.1) is 11.8 Å². The summed E-state index contributed by atoms with van der Waals surface area (Å²) in [5.74, 6) is 1.96. The molecule has 2 unspecified atom stereocenters. The minimum Gasteiger partial charge on any atom is -0.0622 e. The molecule has 4 rings (SSSR count). The lowest BCUT2D eigenvalue weighted by Crippen LogP contribution is -2.35. The van der Waals surface area contributed by atoms with Gasteiger partial charge in [-0.1, -0.05) is 106 Å². The maximum atomic E-state index is 2.39. The number of hydrogen-bond acceptors (Lipinski definition) is 0. The van der Waals surface area contributed by atoms with Crippen molar-refractivity contribution in [3.05, 3.63) is 60.7 Å². The highest BCUT2D eigenvalue weighted by molar-refractivity contribution is 7.73. The third-order valence-electron chi connectivity index (χ3n) is 6.44. The molecule has 0 bridgehead atoms. The molecule has 25 heavy (non-hydrogen) atoms. The summed E-state index contributed by atoms with van der Waals surface area (Å²) in [7, 11) is -0.233. The lowest BCUT2D eigenvalue weighted by atomic mass is 9.73. The van der Waals surface area contributed by atoms with E-state index in [1.165, 1.54) is 57.8 Å². The molecule has 0 N–H and O–H groups in total. The van der Waals surface area contributed by atoms with Crippen LogP contribution in [-0.2, 0) is 0 Å². The van der Waals surface area contributed by atoms with E-state index in [1.54, 1.807) is 10.6 Å². The average molecular weight is 350 g/mol. The number of benzene rings is 2. The van der Waals surface area contributed by atoms with E-state index < -0.39 is 0 Å². The van der Waals surface area contributed by atoms with Crippen molar-refractivity contribution in [1.82, 2.24) is 0 Å². The second kappa shape index (κ2) is 8.50. The Balaban J connectivity index is 1.69. The summed E-state index contributed by atoms with van der Waals surface area (Å²) >= 11 is 0. The number of rotatable bonds is 4. The normalized spacial score (nSPS) is 25.2. The third kappa shape index (κ3) is 4.01. The van der Waals surface area contributed by atoms with Crippen LogP contribution in [0.2, 0.25) is 0 Å². The molecular weight excluding hydrogens is 319 g/mol. The van der Waals surface area contributed by atoms with Gasteiger partial charge in [-0.15, -0.1) is 0 Å². The molecule has 2 atom stereocenters. The highest BCUT2D eigenvalue weighted by Gasteiger charge is 2.37. The Morgan fingerprint density at radius 2 is 1.08 bits per heavy atom. The van der Waals surface area contributed by atoms with Gasteiger partial charge >= 0.3 is 0 Å². The minimum atomic E-state index is -0.233. The van der Waals surface area contributed by atoms with Gasteiger partial charge < -0.3 is 0 Å². The van der Waals surface area contributed by atoms with Crippen LogP contribution in [0.4, 0.5) is 0 Å². The first-order chi connectivity index (χ1) is 12.4. The molecule has 2 aromatic rings. The van der Waals surface area contributed by atoms with Crippen molar-refractivity contribution in [3.8, 4) is 0 Å². The van der Waals surface area contributed by atoms with Gasteiger partial charge in [0.15, 0.2) is 0 Å². The lowest BCUT2D eigenvalue weighted by Gasteiger charge is -2.43. The van der Waals surface area contributed by atoms with Crippen LogP contribution in [0.1, 0.15) is 57.8 Å². The molecule has 0 heterocycles. The first kappa shape index (κ1) is 17.3. The predicted octanol–water partition coefficient (Wildman–Crippen LogP) is 6.26. The monoisotopic (exact) mass is 350 g/mol. The van der Waals surface area contributed by atoms with Gasteiger partial charge in [-0.2, -0.15) is 0 Å². The van der Waals surface area contributed by atoms with Crippen LogP contribution in [0.15, 0.2) is 60.7 Å². The molecule has 0 nitrogen and oxygen atoms in total. The van der Waals surface area contributed by atoms with Crippen LogP contribution in [0.25, 0.3) is 0 Å². The molecule has 0 amide bonds. The first-order valence-corrected chi connectivity index (χ1v) is 11.7. The summed E-state index contributed by atoms with van der Waals surface area (Å²) in [6.07, 6.45) is 13.2. The van der Waals surface area contributed by atoms with Crippen LogP contribution in [-0.4, -0.2) is 5.66 Å². The summed E-state index contributed by atoms with van der Waals surface area (Å²) in [6.45, 7) is 0. The maximum Gasteiger partial charge on any atom is -0.00978 e. The predicted molar refractivity (Wildman–Crippen MR) is 111 cm³/mol. The second-order valence-electron chi connectivity index (χ2n) is 7.95. The Kier molecular flexibility index (Phi) is 5.88. The molecule has 132 valence electrons. The van der Waals surface area contributed by atoms with Crippen molar-refractivity contribution < 1.29 is 0 Å². The molecule has 2 aliphatic carbocycles. The zero-order valence-electron chi connectivity index (χ0n) is 15.3. The van der Waals surface area contributed by atoms with Gasteiger partial charge in [0.05, 0.1) is 0 Å². The zero-order valence-corrected chi connectivity index (χ0v) is 16.2. The lowest BCUT2D eigenvalue weighted by molar-refractivity contribution is 0.201. The van der Waals surface area contributed by atoms with Crippen molar-refractivity contribution in [2.45, 2.75) is 63.4 Å². The maximum absolute atomic E-state index is 2.39. The van der Waals surface area contributed by atoms with Gasteiger partial charge in [0, 0.05) is 0 Å². The van der Waals surface area contributed by atoms with Crippen molar-refractivity contribution in [3.63, 3.8) is 0 Å². The van der Waals surface area contributed by atoms with E-state index in [1.807, 2.05) is 0 Å². The van der Waals surface area contributed by atoms with Gasteiger partial charge in [-0.25, -0.2) is 0 Å². The molecule has 0 spiro atoms. The van der Waals surface area contributed by atoms with Crippen molar-refractivity contribution in [1.29, 1.82) is 0 Å². The minimum absolute atomic E-state index is 0.233. The van der Waals surface area contributed by atoms with E-state index in [0.29, 0.717) is 0 Å². The quantitative estimate of drug-likeness (QED) is 0.571. The Labute approximate surface area is 154 Å². The van der Waals surface area contributed by atoms with Crippen LogP contribution in [0.3, 0.4) is 0 Å². The van der Waals surface area contributed by atoms with Crippen LogP contribution < -0.4 is 10.6 Å². The largest absolute Gasteiger partial charge is 0.0622 e. The zero-order chi connectivity index (χ0) is 16.9. The van der Waals surface area contributed by atoms with E-state index in [-0.39, 0.29) is 7.92 Å². The molecular formula is C24H31P. The third-order valence-corrected chi connectivity index (χ3v) is 9.45. The fourth-order valence-electron chi connectivity index (χ4n) is 5.28. The molecule has 2 aliphatic rings. The average Bonchev–Trinajstić information content (AvgIpc) is 2.71. The standard InChI is InChI=1S/C24H31P/c1-4-12-20(13-5-1)23-18-10-11-19-24(23)25(21-14-6-2-7-15-21)22-16-8-3-9-17-22/h2-3,6-9,14-17,20,23-24H,1,4-5,10-13,18-19H2. The Hall–Kier alpha value is -1.13. The molecule has 0 aromatic heterocycles. The Morgan fingerprint density at radius 1 is 0.560 bits per heavy atom. The SMILES string of the molecule is c1ccc(P(c2ccccc2)C2CCCCC2C2CCCCC2)cc1. The second-order valence-corrected chi connectivity index (χ2v) is 10.4. The molecule has 0 radical (unpaired) electrons. The molecule has 2 aromatic carbocycles. The Morgan fingerprint density at radius 3 is 1.68 bits per heavy atom. The summed E-state index contributed by atoms with van der Waals surface area (Å²) in [5, 5.41) is 3.19. The van der Waals surface area contributed by atoms with Gasteiger partial charge in [-0.3, -0.25) is 0 Å². The summed E-state index contributed by atoms with van der Waals surface area (Å²) in [5.41, 5.74) is 0.886. The van der Waals surface area contributed by atoms with Gasteiger partial charge in [0.1, 0.15) is 0 Å². The van der Waals surface area contributed by atoms with Crippen molar-refractivity contribution in [2.24, 2.45) is 11.8 Å². The molecule has 0 saturated heterocycles. The highest BCUT2D eigenvalue weighted by atomic mass is 31.1. The summed E-state index contributed by atoms with van der Waals surface area (Å²) in [6, 6.07) is 22.9. The van der Waals surface area contributed by atoms with Crippen LogP contribution >= 0.6 is 7.92 Å². The number of hydrogen-bond donors (Lipinski definition) is 0. The Bertz CT molecular complexity index is 590. The topological polar surface area (TPSA) is 0 Å². The molecule has 0 aliphatic heterocycles. The van der Waals surface area contributed by atoms with E-state index >= 15 is 0 Å². The van der Waals surface area contributed by atoms with E-state index in [4.69, 9.17) is 0 Å².